The molecule has 4 heteroatoms. The minimum absolute atomic E-state index is 0.640. The van der Waals surface area contributed by atoms with Gasteiger partial charge in [0.15, 0.2) is 0 Å². The van der Waals surface area contributed by atoms with E-state index in [1.807, 2.05) is 12.1 Å². The summed E-state index contributed by atoms with van der Waals surface area (Å²) in [5, 5.41) is 5.94. The largest absolute Gasteiger partial charge is 0.380 e. The third-order valence-electron chi connectivity index (χ3n) is 3.61. The normalized spacial score (nSPS) is 11.0. The lowest BCUT2D eigenvalue weighted by Gasteiger charge is -2.08. The van der Waals surface area contributed by atoms with E-state index < -0.39 is 0 Å². The highest BCUT2D eigenvalue weighted by Crippen LogP contribution is 2.27. The van der Waals surface area contributed by atoms with Gasteiger partial charge in [0.05, 0.1) is 10.7 Å². The number of hydrogen-bond donors (Lipinski definition) is 1. The number of anilines is 1. The van der Waals surface area contributed by atoms with Gasteiger partial charge in [-0.2, -0.15) is 0 Å². The number of halogens is 2. The molecule has 0 aliphatic carbocycles. The van der Waals surface area contributed by atoms with Crippen LogP contribution in [0, 0.1) is 0 Å². The highest BCUT2D eigenvalue weighted by molar-refractivity contribution is 6.36. The molecule has 0 bridgehead atoms. The zero-order chi connectivity index (χ0) is 14.8. The molecule has 3 rings (SSSR count). The summed E-state index contributed by atoms with van der Waals surface area (Å²) in [5.41, 5.74) is 3.42. The minimum Gasteiger partial charge on any atom is -0.380 e. The third-order valence-corrected chi connectivity index (χ3v) is 4.16. The third kappa shape index (κ3) is 2.87. The first-order chi connectivity index (χ1) is 10.2. The summed E-state index contributed by atoms with van der Waals surface area (Å²) in [6, 6.07) is 13.9. The van der Waals surface area contributed by atoms with Crippen molar-refractivity contribution in [2.75, 3.05) is 5.32 Å². The van der Waals surface area contributed by atoms with Crippen LogP contribution < -0.4 is 5.32 Å². The summed E-state index contributed by atoms with van der Waals surface area (Å²) in [6.45, 7) is 3.84. The number of nitrogens with one attached hydrogen (secondary N) is 1. The molecule has 3 aromatic rings. The second-order valence-electron chi connectivity index (χ2n) is 4.94. The highest BCUT2D eigenvalue weighted by Gasteiger charge is 2.08. The summed E-state index contributed by atoms with van der Waals surface area (Å²) >= 11 is 12.1. The van der Waals surface area contributed by atoms with Crippen LogP contribution in [0.4, 0.5) is 5.69 Å². The van der Waals surface area contributed by atoms with Gasteiger partial charge in [0, 0.05) is 35.2 Å². The van der Waals surface area contributed by atoms with E-state index in [2.05, 4.69) is 47.3 Å². The summed E-state index contributed by atoms with van der Waals surface area (Å²) in [6.07, 6.45) is 2.20. The van der Waals surface area contributed by atoms with Crippen LogP contribution in [0.25, 0.3) is 10.9 Å². The Morgan fingerprint density at radius 1 is 1.10 bits per heavy atom. The minimum atomic E-state index is 0.640. The topological polar surface area (TPSA) is 17.0 Å². The van der Waals surface area contributed by atoms with E-state index in [1.165, 1.54) is 16.5 Å². The van der Waals surface area contributed by atoms with Gasteiger partial charge in [-0.05, 0) is 36.8 Å². The molecule has 0 saturated carbocycles. The van der Waals surface area contributed by atoms with Gasteiger partial charge in [-0.15, -0.1) is 0 Å². The molecule has 0 amide bonds. The van der Waals surface area contributed by atoms with Crippen LogP contribution in [-0.4, -0.2) is 4.57 Å². The molecule has 0 spiro atoms. The first-order valence-electron chi connectivity index (χ1n) is 6.94. The Kier molecular flexibility index (Phi) is 4.09. The van der Waals surface area contributed by atoms with E-state index in [0.29, 0.717) is 10.0 Å². The molecule has 21 heavy (non-hydrogen) atoms. The molecular formula is C17H16Cl2N2. The second-order valence-corrected chi connectivity index (χ2v) is 5.78. The maximum atomic E-state index is 6.19. The van der Waals surface area contributed by atoms with Crippen molar-refractivity contribution >= 4 is 39.8 Å². The van der Waals surface area contributed by atoms with Gasteiger partial charge in [0.25, 0.3) is 0 Å². The van der Waals surface area contributed by atoms with Gasteiger partial charge in [-0.25, -0.2) is 0 Å². The average molecular weight is 319 g/mol. The second kappa shape index (κ2) is 6.00. The number of rotatable bonds is 4. The number of nitrogens with zero attached hydrogens (tertiary/aromatic N) is 1. The van der Waals surface area contributed by atoms with Gasteiger partial charge in [0.1, 0.15) is 0 Å². The van der Waals surface area contributed by atoms with Crippen molar-refractivity contribution in [1.82, 2.24) is 4.57 Å². The molecule has 0 aliphatic heterocycles. The highest BCUT2D eigenvalue weighted by atomic mass is 35.5. The van der Waals surface area contributed by atoms with Gasteiger partial charge < -0.3 is 9.88 Å². The Bertz CT molecular complexity index is 778. The number of aryl methyl sites for hydroxylation is 1. The molecule has 1 heterocycles. The lowest BCUT2D eigenvalue weighted by Crippen LogP contribution is -1.99. The van der Waals surface area contributed by atoms with Gasteiger partial charge in [-0.1, -0.05) is 41.4 Å². The Balaban J connectivity index is 1.88. The summed E-state index contributed by atoms with van der Waals surface area (Å²) in [7, 11) is 0. The molecule has 1 aromatic heterocycles. The number of benzene rings is 2. The lowest BCUT2D eigenvalue weighted by molar-refractivity contribution is 0.793. The lowest BCUT2D eigenvalue weighted by atomic mass is 10.2. The molecular weight excluding hydrogens is 303 g/mol. The van der Waals surface area contributed by atoms with Gasteiger partial charge >= 0.3 is 0 Å². The van der Waals surface area contributed by atoms with Crippen LogP contribution in [0.2, 0.25) is 10.0 Å². The molecule has 0 unspecified atom stereocenters. The van der Waals surface area contributed by atoms with Gasteiger partial charge in [-0.3, -0.25) is 0 Å². The Morgan fingerprint density at radius 2 is 1.90 bits per heavy atom. The van der Waals surface area contributed by atoms with Crippen molar-refractivity contribution in [3.05, 3.63) is 64.3 Å². The van der Waals surface area contributed by atoms with Crippen molar-refractivity contribution in [3.8, 4) is 0 Å². The van der Waals surface area contributed by atoms with E-state index >= 15 is 0 Å². The molecule has 1 N–H and O–H groups in total. The number of aromatic nitrogens is 1. The van der Waals surface area contributed by atoms with Crippen LogP contribution in [0.3, 0.4) is 0 Å². The fourth-order valence-electron chi connectivity index (χ4n) is 2.55. The van der Waals surface area contributed by atoms with E-state index in [4.69, 9.17) is 23.2 Å². The fraction of sp³-hybridized carbons (Fsp3) is 0.176. The summed E-state index contributed by atoms with van der Waals surface area (Å²) < 4.78 is 2.26. The van der Waals surface area contributed by atoms with Crippen LogP contribution >= 0.6 is 23.2 Å². The Morgan fingerprint density at radius 3 is 2.67 bits per heavy atom. The maximum Gasteiger partial charge on any atom is 0.0652 e. The van der Waals surface area contributed by atoms with Crippen LogP contribution in [0.15, 0.2) is 48.7 Å². The SMILES string of the molecule is CCn1cc(CNc2ccc(Cl)cc2Cl)c2ccccc21. The molecule has 0 atom stereocenters. The van der Waals surface area contributed by atoms with Crippen molar-refractivity contribution in [1.29, 1.82) is 0 Å². The van der Waals surface area contributed by atoms with E-state index in [-0.39, 0.29) is 0 Å². The van der Waals surface area contributed by atoms with Crippen molar-refractivity contribution in [2.24, 2.45) is 0 Å². The average Bonchev–Trinajstić information content (AvgIpc) is 2.85. The van der Waals surface area contributed by atoms with Crippen molar-refractivity contribution < 1.29 is 0 Å². The fourth-order valence-corrected chi connectivity index (χ4v) is 3.02. The molecule has 0 radical (unpaired) electrons. The number of hydrogen-bond acceptors (Lipinski definition) is 1. The zero-order valence-electron chi connectivity index (χ0n) is 11.7. The monoisotopic (exact) mass is 318 g/mol. The van der Waals surface area contributed by atoms with Crippen LogP contribution in [0.1, 0.15) is 12.5 Å². The maximum absolute atomic E-state index is 6.19. The first kappa shape index (κ1) is 14.3. The number of para-hydroxylation sites is 1. The Labute approximate surface area is 134 Å². The van der Waals surface area contributed by atoms with Crippen LogP contribution in [0.5, 0.6) is 0 Å². The Hall–Kier alpha value is -1.64. The predicted octanol–water partition coefficient (Wildman–Crippen LogP) is 5.58. The van der Waals surface area contributed by atoms with Gasteiger partial charge in [0.2, 0.25) is 0 Å². The van der Waals surface area contributed by atoms with Crippen molar-refractivity contribution in [2.45, 2.75) is 20.0 Å². The summed E-state index contributed by atoms with van der Waals surface area (Å²) in [4.78, 5) is 0. The quantitative estimate of drug-likeness (QED) is 0.664. The predicted molar refractivity (Wildman–Crippen MR) is 91.4 cm³/mol. The molecule has 108 valence electrons. The van der Waals surface area contributed by atoms with Crippen molar-refractivity contribution in [3.63, 3.8) is 0 Å². The molecule has 0 fully saturated rings. The molecule has 2 aromatic carbocycles. The number of fused-ring (bicyclic) bond motifs is 1. The van der Waals surface area contributed by atoms with E-state index in [9.17, 15) is 0 Å². The smallest absolute Gasteiger partial charge is 0.0652 e. The van der Waals surface area contributed by atoms with Crippen LogP contribution in [-0.2, 0) is 13.1 Å². The molecule has 2 nitrogen and oxygen atoms in total. The van der Waals surface area contributed by atoms with E-state index in [1.54, 1.807) is 6.07 Å². The first-order valence-corrected chi connectivity index (χ1v) is 7.70. The zero-order valence-corrected chi connectivity index (χ0v) is 13.2. The van der Waals surface area contributed by atoms with E-state index in [0.717, 1.165) is 18.8 Å². The summed E-state index contributed by atoms with van der Waals surface area (Å²) in [5.74, 6) is 0. The molecule has 0 saturated heterocycles. The standard InChI is InChI=1S/C17H16Cl2N2/c1-2-21-11-12(14-5-3-4-6-17(14)21)10-20-16-8-7-13(18)9-15(16)19/h3-9,11,20H,2,10H2,1H3. The molecule has 0 aliphatic rings.